The summed E-state index contributed by atoms with van der Waals surface area (Å²) in [6.07, 6.45) is 0. The average molecular weight is 302 g/mol. The monoisotopic (exact) mass is 302 g/mol. The average Bonchev–Trinajstić information content (AvgIpc) is 2.52. The summed E-state index contributed by atoms with van der Waals surface area (Å²) in [6.45, 7) is 1.80. The Hall–Kier alpha value is -2.53. The number of methoxy groups -OCH3 is 2. The van der Waals surface area contributed by atoms with Crippen LogP contribution in [0.15, 0.2) is 36.4 Å². The number of phenols is 1. The van der Waals surface area contributed by atoms with Crippen molar-refractivity contribution in [1.82, 2.24) is 0 Å². The number of aromatic hydroxyl groups is 1. The van der Waals surface area contributed by atoms with Crippen molar-refractivity contribution in [2.75, 3.05) is 21.0 Å². The molecule has 0 heterocycles. The molecule has 0 aliphatic carbocycles. The summed E-state index contributed by atoms with van der Waals surface area (Å²) < 4.78 is 15.5. The third kappa shape index (κ3) is 3.38. The highest BCUT2D eigenvalue weighted by Gasteiger charge is 2.18. The maximum Gasteiger partial charge on any atom is 0.197 e. The fraction of sp³-hybridized carbons (Fsp3) is 0.235. The van der Waals surface area contributed by atoms with Crippen LogP contribution in [0.25, 0.3) is 0 Å². The van der Waals surface area contributed by atoms with E-state index in [1.807, 2.05) is 0 Å². The third-order valence-electron chi connectivity index (χ3n) is 3.22. The van der Waals surface area contributed by atoms with Crippen molar-refractivity contribution in [1.29, 1.82) is 0 Å². The topological polar surface area (TPSA) is 65.0 Å². The summed E-state index contributed by atoms with van der Waals surface area (Å²) in [4.78, 5) is 12.7. The molecule has 5 nitrogen and oxygen atoms in total. The molecular formula is C17H18O5. The van der Waals surface area contributed by atoms with Crippen LogP contribution in [0.5, 0.6) is 17.2 Å². The molecule has 0 saturated carbocycles. The maximum atomic E-state index is 12.7. The van der Waals surface area contributed by atoms with Gasteiger partial charge in [0.05, 0.1) is 12.7 Å². The molecule has 0 aromatic heterocycles. The first kappa shape index (κ1) is 15.9. The van der Waals surface area contributed by atoms with Crippen molar-refractivity contribution >= 4 is 5.78 Å². The molecule has 0 aliphatic heterocycles. The Morgan fingerprint density at radius 2 is 1.82 bits per heavy atom. The van der Waals surface area contributed by atoms with Crippen molar-refractivity contribution in [3.05, 3.63) is 53.1 Å². The number of phenolic OH excluding ortho intramolecular Hbond substituents is 1. The number of ketones is 1. The molecule has 22 heavy (non-hydrogen) atoms. The molecule has 2 aromatic carbocycles. The normalized spacial score (nSPS) is 10.3. The van der Waals surface area contributed by atoms with Gasteiger partial charge in [-0.1, -0.05) is 0 Å². The molecule has 2 rings (SSSR count). The van der Waals surface area contributed by atoms with E-state index in [1.165, 1.54) is 13.2 Å². The lowest BCUT2D eigenvalue weighted by Crippen LogP contribution is -2.08. The highest BCUT2D eigenvalue weighted by atomic mass is 16.7. The second-order valence-corrected chi connectivity index (χ2v) is 4.74. The van der Waals surface area contributed by atoms with E-state index in [1.54, 1.807) is 44.4 Å². The van der Waals surface area contributed by atoms with Crippen molar-refractivity contribution in [2.24, 2.45) is 0 Å². The summed E-state index contributed by atoms with van der Waals surface area (Å²) in [6, 6.07) is 9.62. The largest absolute Gasteiger partial charge is 0.508 e. The molecule has 116 valence electrons. The third-order valence-corrected chi connectivity index (χ3v) is 3.22. The van der Waals surface area contributed by atoms with Gasteiger partial charge in [0, 0.05) is 18.7 Å². The minimum Gasteiger partial charge on any atom is -0.508 e. The fourth-order valence-electron chi connectivity index (χ4n) is 2.11. The summed E-state index contributed by atoms with van der Waals surface area (Å²) in [7, 11) is 3.05. The molecule has 2 aromatic rings. The van der Waals surface area contributed by atoms with Crippen molar-refractivity contribution in [3.63, 3.8) is 0 Å². The van der Waals surface area contributed by atoms with E-state index in [2.05, 4.69) is 0 Å². The second kappa shape index (κ2) is 6.95. The molecule has 0 saturated heterocycles. The predicted octanol–water partition coefficient (Wildman–Crippen LogP) is 2.92. The molecule has 1 N–H and O–H groups in total. The van der Waals surface area contributed by atoms with E-state index in [-0.39, 0.29) is 18.3 Å². The summed E-state index contributed by atoms with van der Waals surface area (Å²) in [5.74, 6) is 0.912. The molecule has 0 atom stereocenters. The van der Waals surface area contributed by atoms with Crippen molar-refractivity contribution < 1.29 is 24.1 Å². The van der Waals surface area contributed by atoms with Crippen LogP contribution in [-0.4, -0.2) is 31.9 Å². The van der Waals surface area contributed by atoms with Gasteiger partial charge >= 0.3 is 0 Å². The smallest absolute Gasteiger partial charge is 0.197 e. The van der Waals surface area contributed by atoms with E-state index in [0.29, 0.717) is 28.2 Å². The van der Waals surface area contributed by atoms with E-state index >= 15 is 0 Å². The zero-order chi connectivity index (χ0) is 16.1. The second-order valence-electron chi connectivity index (χ2n) is 4.74. The lowest BCUT2D eigenvalue weighted by atomic mass is 9.98. The van der Waals surface area contributed by atoms with Gasteiger partial charge in [-0.2, -0.15) is 0 Å². The number of carbonyl (C=O) groups excluding carboxylic acids is 1. The number of ether oxygens (including phenoxy) is 3. The fourth-order valence-corrected chi connectivity index (χ4v) is 2.11. The van der Waals surface area contributed by atoms with Gasteiger partial charge in [-0.3, -0.25) is 4.79 Å². The summed E-state index contributed by atoms with van der Waals surface area (Å²) in [5.41, 5.74) is 1.61. The molecular weight excluding hydrogens is 284 g/mol. The molecule has 0 bridgehead atoms. The molecule has 0 amide bonds. The quantitative estimate of drug-likeness (QED) is 0.656. The SMILES string of the molecule is COCOc1cc(OC)ccc1C(=O)c1ccc(O)cc1C. The molecule has 0 fully saturated rings. The van der Waals surface area contributed by atoms with Gasteiger partial charge < -0.3 is 19.3 Å². The first-order valence-corrected chi connectivity index (χ1v) is 6.71. The van der Waals surface area contributed by atoms with E-state index in [4.69, 9.17) is 14.2 Å². The number of carbonyl (C=O) groups is 1. The lowest BCUT2D eigenvalue weighted by Gasteiger charge is -2.13. The molecule has 0 unspecified atom stereocenters. The van der Waals surface area contributed by atoms with Crippen LogP contribution in [0.3, 0.4) is 0 Å². The molecule has 0 radical (unpaired) electrons. The van der Waals surface area contributed by atoms with Gasteiger partial charge in [0.1, 0.15) is 17.2 Å². The van der Waals surface area contributed by atoms with Gasteiger partial charge in [-0.05, 0) is 42.8 Å². The first-order chi connectivity index (χ1) is 10.6. The van der Waals surface area contributed by atoms with Crippen molar-refractivity contribution in [3.8, 4) is 17.2 Å². The minimum atomic E-state index is -0.189. The first-order valence-electron chi connectivity index (χ1n) is 6.71. The summed E-state index contributed by atoms with van der Waals surface area (Å²) in [5, 5.41) is 9.46. The van der Waals surface area contributed by atoms with Crippen molar-refractivity contribution in [2.45, 2.75) is 6.92 Å². The Kier molecular flexibility index (Phi) is 5.01. The van der Waals surface area contributed by atoms with E-state index in [0.717, 1.165) is 0 Å². The van der Waals surface area contributed by atoms with Crippen LogP contribution in [0.1, 0.15) is 21.5 Å². The standard InChI is InChI=1S/C17H18O5/c1-11-8-12(18)4-6-14(11)17(19)15-7-5-13(21-3)9-16(15)22-10-20-2/h4-9,18H,10H2,1-3H3. The van der Waals surface area contributed by atoms with Gasteiger partial charge in [0.2, 0.25) is 0 Å². The molecule has 5 heteroatoms. The molecule has 0 aliphatic rings. The lowest BCUT2D eigenvalue weighted by molar-refractivity contribution is 0.0502. The van der Waals surface area contributed by atoms with Crippen LogP contribution >= 0.6 is 0 Å². The Morgan fingerprint density at radius 1 is 1.09 bits per heavy atom. The zero-order valence-electron chi connectivity index (χ0n) is 12.8. The Labute approximate surface area is 129 Å². The van der Waals surface area contributed by atoms with Gasteiger partial charge in [-0.25, -0.2) is 0 Å². The van der Waals surface area contributed by atoms with Crippen LogP contribution < -0.4 is 9.47 Å². The Balaban J connectivity index is 2.43. The van der Waals surface area contributed by atoms with Gasteiger partial charge in [-0.15, -0.1) is 0 Å². The number of aryl methyl sites for hydroxylation is 1. The number of rotatable bonds is 6. The maximum absolute atomic E-state index is 12.7. The minimum absolute atomic E-state index is 0.0298. The van der Waals surface area contributed by atoms with Crippen LogP contribution in [0.2, 0.25) is 0 Å². The predicted molar refractivity (Wildman–Crippen MR) is 81.8 cm³/mol. The number of hydrogen-bond acceptors (Lipinski definition) is 5. The summed E-state index contributed by atoms with van der Waals surface area (Å²) >= 11 is 0. The number of hydrogen-bond donors (Lipinski definition) is 1. The van der Waals surface area contributed by atoms with Gasteiger partial charge in [0.25, 0.3) is 0 Å². The molecule has 0 spiro atoms. The van der Waals surface area contributed by atoms with Crippen LogP contribution in [0.4, 0.5) is 0 Å². The highest BCUT2D eigenvalue weighted by molar-refractivity contribution is 6.11. The van der Waals surface area contributed by atoms with Crippen LogP contribution in [-0.2, 0) is 4.74 Å². The zero-order valence-corrected chi connectivity index (χ0v) is 12.8. The van der Waals surface area contributed by atoms with E-state index < -0.39 is 0 Å². The number of benzene rings is 2. The highest BCUT2D eigenvalue weighted by Crippen LogP contribution is 2.28. The Morgan fingerprint density at radius 3 is 2.45 bits per heavy atom. The van der Waals surface area contributed by atoms with Gasteiger partial charge in [0.15, 0.2) is 12.6 Å². The van der Waals surface area contributed by atoms with E-state index in [9.17, 15) is 9.90 Å². The Bertz CT molecular complexity index is 679. The van der Waals surface area contributed by atoms with Crippen LogP contribution in [0, 0.1) is 6.92 Å².